The van der Waals surface area contributed by atoms with Crippen LogP contribution in [-0.4, -0.2) is 32.3 Å². The van der Waals surface area contributed by atoms with Crippen molar-refractivity contribution in [1.29, 1.82) is 0 Å². The highest BCUT2D eigenvalue weighted by Gasteiger charge is 2.34. The molecule has 3 aromatic rings. The highest BCUT2D eigenvalue weighted by Crippen LogP contribution is 2.30. The summed E-state index contributed by atoms with van der Waals surface area (Å²) >= 11 is 0. The lowest BCUT2D eigenvalue weighted by Gasteiger charge is -2.21. The molecule has 1 aliphatic carbocycles. The number of aromatic nitrogens is 4. The van der Waals surface area contributed by atoms with Gasteiger partial charge >= 0.3 is 0 Å². The molecule has 162 valence electrons. The van der Waals surface area contributed by atoms with Crippen molar-refractivity contribution in [3.05, 3.63) is 52.5 Å². The van der Waals surface area contributed by atoms with Crippen molar-refractivity contribution in [3.8, 4) is 0 Å². The molecule has 1 aliphatic rings. The van der Waals surface area contributed by atoms with Crippen LogP contribution in [0.15, 0.2) is 27.7 Å². The van der Waals surface area contributed by atoms with Crippen LogP contribution >= 0.6 is 0 Å². The Hall–Kier alpha value is -2.39. The van der Waals surface area contributed by atoms with Gasteiger partial charge in [-0.2, -0.15) is 14.5 Å². The molecule has 9 heteroatoms. The third-order valence-electron chi connectivity index (χ3n) is 5.78. The summed E-state index contributed by atoms with van der Waals surface area (Å²) in [5.74, 6) is 0.595. The van der Waals surface area contributed by atoms with E-state index >= 15 is 0 Å². The molecule has 0 N–H and O–H groups in total. The molecule has 3 heterocycles. The number of rotatable bonds is 7. The highest BCUT2D eigenvalue weighted by molar-refractivity contribution is 7.89. The minimum atomic E-state index is -3.82. The molecular weight excluding hydrogens is 402 g/mol. The van der Waals surface area contributed by atoms with Crippen molar-refractivity contribution < 1.29 is 12.8 Å². The topological polar surface area (TPSA) is 86.2 Å². The second-order valence-corrected chi connectivity index (χ2v) is 10.1. The first-order chi connectivity index (χ1) is 14.2. The zero-order valence-corrected chi connectivity index (χ0v) is 19.0. The van der Waals surface area contributed by atoms with Gasteiger partial charge in [0.25, 0.3) is 0 Å². The standard InChI is InChI=1S/C21H29N5O3S/c1-14(2)26-16(4)21(15(3)22-26)30(27,28)25(12-17-8-7-11-29-17)13-19-18-9-6-10-20(18)24(5)23-19/h7-8,11,14H,6,9-10,12-13H2,1-5H3. The lowest BCUT2D eigenvalue weighted by atomic mass is 10.2. The van der Waals surface area contributed by atoms with E-state index in [2.05, 4.69) is 10.2 Å². The number of aryl methyl sites for hydroxylation is 2. The molecule has 3 aromatic heterocycles. The van der Waals surface area contributed by atoms with Gasteiger partial charge in [-0.1, -0.05) is 0 Å². The molecule has 0 saturated heterocycles. The number of nitrogens with zero attached hydrogens (tertiary/aromatic N) is 5. The molecule has 0 amide bonds. The molecule has 0 radical (unpaired) electrons. The zero-order chi connectivity index (χ0) is 21.6. The smallest absolute Gasteiger partial charge is 0.247 e. The first-order valence-corrected chi connectivity index (χ1v) is 11.8. The van der Waals surface area contributed by atoms with Crippen molar-refractivity contribution in [3.63, 3.8) is 0 Å². The van der Waals surface area contributed by atoms with Crippen molar-refractivity contribution in [2.75, 3.05) is 0 Å². The van der Waals surface area contributed by atoms with Gasteiger partial charge in [0.1, 0.15) is 10.7 Å². The Kier molecular flexibility index (Phi) is 5.36. The molecule has 0 atom stereocenters. The summed E-state index contributed by atoms with van der Waals surface area (Å²) in [4.78, 5) is 0.273. The number of fused-ring (bicyclic) bond motifs is 1. The third-order valence-corrected chi connectivity index (χ3v) is 7.83. The highest BCUT2D eigenvalue weighted by atomic mass is 32.2. The zero-order valence-electron chi connectivity index (χ0n) is 18.2. The Morgan fingerprint density at radius 3 is 2.60 bits per heavy atom. The Balaban J connectivity index is 1.77. The molecule has 8 nitrogen and oxygen atoms in total. The van der Waals surface area contributed by atoms with E-state index in [1.807, 2.05) is 32.5 Å². The summed E-state index contributed by atoms with van der Waals surface area (Å²) in [7, 11) is -1.89. The third kappa shape index (κ3) is 3.50. The lowest BCUT2D eigenvalue weighted by Crippen LogP contribution is -2.31. The van der Waals surface area contributed by atoms with E-state index in [0.717, 1.165) is 25.0 Å². The minimum Gasteiger partial charge on any atom is -0.468 e. The Morgan fingerprint density at radius 1 is 1.20 bits per heavy atom. The van der Waals surface area contributed by atoms with Crippen LogP contribution in [0.1, 0.15) is 60.4 Å². The number of hydrogen-bond donors (Lipinski definition) is 0. The molecule has 0 spiro atoms. The molecular formula is C21H29N5O3S. The van der Waals surface area contributed by atoms with E-state index in [1.54, 1.807) is 30.0 Å². The largest absolute Gasteiger partial charge is 0.468 e. The molecule has 0 bridgehead atoms. The van der Waals surface area contributed by atoms with Crippen molar-refractivity contribution in [2.24, 2.45) is 7.05 Å². The predicted octanol–water partition coefficient (Wildman–Crippen LogP) is 3.29. The van der Waals surface area contributed by atoms with E-state index in [0.29, 0.717) is 17.1 Å². The molecule has 4 rings (SSSR count). The van der Waals surface area contributed by atoms with Crippen LogP contribution in [0.5, 0.6) is 0 Å². The van der Waals surface area contributed by atoms with Crippen molar-refractivity contribution in [2.45, 2.75) is 71.0 Å². The van der Waals surface area contributed by atoms with Gasteiger partial charge in [-0.05, 0) is 64.7 Å². The molecule has 0 aromatic carbocycles. The van der Waals surface area contributed by atoms with Gasteiger partial charge in [-0.25, -0.2) is 8.42 Å². The number of sulfonamides is 1. The monoisotopic (exact) mass is 431 g/mol. The van der Waals surface area contributed by atoms with Gasteiger partial charge in [-0.15, -0.1) is 0 Å². The van der Waals surface area contributed by atoms with Crippen LogP contribution in [0.25, 0.3) is 0 Å². The van der Waals surface area contributed by atoms with E-state index in [-0.39, 0.29) is 24.0 Å². The van der Waals surface area contributed by atoms with Crippen LogP contribution in [-0.2, 0) is 43.0 Å². The normalized spacial score (nSPS) is 14.2. The maximum atomic E-state index is 13.8. The van der Waals surface area contributed by atoms with Gasteiger partial charge in [0, 0.05) is 18.8 Å². The van der Waals surface area contributed by atoms with E-state index in [4.69, 9.17) is 4.42 Å². The average molecular weight is 432 g/mol. The van der Waals surface area contributed by atoms with Gasteiger partial charge in [0.15, 0.2) is 0 Å². The SMILES string of the molecule is Cc1nn(C(C)C)c(C)c1S(=O)(=O)N(Cc1ccco1)Cc1nn(C)c2c1CCC2. The van der Waals surface area contributed by atoms with Gasteiger partial charge in [-0.3, -0.25) is 9.36 Å². The summed E-state index contributed by atoms with van der Waals surface area (Å²) < 4.78 is 38.3. The first-order valence-electron chi connectivity index (χ1n) is 10.3. The lowest BCUT2D eigenvalue weighted by molar-refractivity contribution is 0.353. The molecule has 0 saturated carbocycles. The summed E-state index contributed by atoms with van der Waals surface area (Å²) in [6.45, 7) is 7.91. The van der Waals surface area contributed by atoms with Crippen LogP contribution < -0.4 is 0 Å². The second-order valence-electron chi connectivity index (χ2n) is 8.24. The number of furan rings is 1. The van der Waals surface area contributed by atoms with E-state index in [1.165, 1.54) is 15.6 Å². The van der Waals surface area contributed by atoms with Crippen LogP contribution in [0.2, 0.25) is 0 Å². The first kappa shape index (κ1) is 20.9. The number of hydrogen-bond acceptors (Lipinski definition) is 5. The summed E-state index contributed by atoms with van der Waals surface area (Å²) in [5.41, 5.74) is 4.38. The van der Waals surface area contributed by atoms with Crippen molar-refractivity contribution in [1.82, 2.24) is 23.9 Å². The maximum absolute atomic E-state index is 13.8. The fraction of sp³-hybridized carbons (Fsp3) is 0.524. The van der Waals surface area contributed by atoms with Gasteiger partial charge in [0.05, 0.1) is 36.4 Å². The van der Waals surface area contributed by atoms with Crippen molar-refractivity contribution >= 4 is 10.0 Å². The van der Waals surface area contributed by atoms with Crippen LogP contribution in [0.4, 0.5) is 0 Å². The fourth-order valence-electron chi connectivity index (χ4n) is 4.45. The summed E-state index contributed by atoms with van der Waals surface area (Å²) in [6.07, 6.45) is 4.57. The van der Waals surface area contributed by atoms with Crippen LogP contribution in [0, 0.1) is 13.8 Å². The fourth-order valence-corrected chi connectivity index (χ4v) is 6.18. The second kappa shape index (κ2) is 7.70. The Morgan fingerprint density at radius 2 is 1.97 bits per heavy atom. The molecule has 0 fully saturated rings. The Labute approximate surface area is 177 Å². The maximum Gasteiger partial charge on any atom is 0.247 e. The van der Waals surface area contributed by atoms with Gasteiger partial charge in [0.2, 0.25) is 10.0 Å². The van der Waals surface area contributed by atoms with Crippen LogP contribution in [0.3, 0.4) is 0 Å². The Bertz CT molecular complexity index is 1160. The van der Waals surface area contributed by atoms with E-state index < -0.39 is 10.0 Å². The summed E-state index contributed by atoms with van der Waals surface area (Å²) in [6, 6.07) is 3.64. The summed E-state index contributed by atoms with van der Waals surface area (Å²) in [5, 5.41) is 9.14. The molecule has 30 heavy (non-hydrogen) atoms. The average Bonchev–Trinajstić information content (AvgIpc) is 3.42. The predicted molar refractivity (Wildman–Crippen MR) is 112 cm³/mol. The quantitative estimate of drug-likeness (QED) is 0.573. The minimum absolute atomic E-state index is 0.0743. The molecule has 0 unspecified atom stereocenters. The van der Waals surface area contributed by atoms with E-state index in [9.17, 15) is 8.42 Å². The van der Waals surface area contributed by atoms with Gasteiger partial charge < -0.3 is 4.42 Å². The molecule has 0 aliphatic heterocycles.